The molecule has 3 fully saturated rings. The zero-order valence-corrected chi connectivity index (χ0v) is 38.5. The van der Waals surface area contributed by atoms with Crippen molar-refractivity contribution in [1.82, 2.24) is 0 Å². The number of alkyl halides is 4. The molecule has 3 saturated heterocycles. The highest BCUT2D eigenvalue weighted by molar-refractivity contribution is 9.10. The zero-order valence-electron chi connectivity index (χ0n) is 35.3. The van der Waals surface area contributed by atoms with Gasteiger partial charge in [0.25, 0.3) is 12.9 Å². The van der Waals surface area contributed by atoms with Crippen molar-refractivity contribution < 1.29 is 76.6 Å². The van der Waals surface area contributed by atoms with E-state index in [1.807, 2.05) is 55.4 Å². The number of halogens is 12. The van der Waals surface area contributed by atoms with Crippen LogP contribution in [0.3, 0.4) is 0 Å². The molecular weight excluding hydrogens is 963 g/mol. The Bertz CT molecular complexity index is 1980. The number of carbonyl (C=O) groups is 1. The number of hydrogen-bond donors (Lipinski definition) is 0. The topological polar surface area (TPSA) is 72.5 Å². The summed E-state index contributed by atoms with van der Waals surface area (Å²) in [5.41, 5.74) is -4.97. The standard InChI is InChI=1S/C13H15BF4O2.C12H24B2O4.C7H3BrF4.C7H3BrF2O/c1-12(2)13(3,4)20-14(19-12)7-5-8(11(17)18)10(16)9(15)6-7;1-9(2)10(3,4)16-13(15-9)14-17-11(5,6)12(7,8)18-14;8-3-1-4(7(11)12)6(10)5(9)2-3;8-5-1-4(3-11)7(10)6(9)2-5/h5-6,11H,1-4H3;1-8H3;1-2,7H;1-3H. The Morgan fingerprint density at radius 1 is 0.475 bits per heavy atom. The van der Waals surface area contributed by atoms with Crippen molar-refractivity contribution in [2.45, 2.75) is 130 Å². The molecule has 0 spiro atoms. The third kappa shape index (κ3) is 12.2. The van der Waals surface area contributed by atoms with Gasteiger partial charge in [-0.3, -0.25) is 4.79 Å². The van der Waals surface area contributed by atoms with Gasteiger partial charge in [-0.25, -0.2) is 43.9 Å². The Morgan fingerprint density at radius 3 is 1.15 bits per heavy atom. The van der Waals surface area contributed by atoms with E-state index in [9.17, 15) is 48.7 Å². The predicted molar refractivity (Wildman–Crippen MR) is 218 cm³/mol. The van der Waals surface area contributed by atoms with Crippen LogP contribution in [-0.2, 0) is 27.9 Å². The van der Waals surface area contributed by atoms with Crippen molar-refractivity contribution in [3.8, 4) is 0 Å². The summed E-state index contributed by atoms with van der Waals surface area (Å²) < 4.78 is 162. The average Bonchev–Trinajstić information content (AvgIpc) is 3.58. The maximum absolute atomic E-state index is 13.4. The van der Waals surface area contributed by atoms with E-state index in [-0.39, 0.29) is 44.2 Å². The van der Waals surface area contributed by atoms with Crippen LogP contribution in [0.5, 0.6) is 0 Å². The first-order valence-corrected chi connectivity index (χ1v) is 20.0. The average molecular weight is 1010 g/mol. The fourth-order valence-corrected chi connectivity index (χ4v) is 6.20. The van der Waals surface area contributed by atoms with Crippen LogP contribution < -0.4 is 5.46 Å². The minimum absolute atomic E-state index is 0.0397. The van der Waals surface area contributed by atoms with Gasteiger partial charge in [-0.15, -0.1) is 0 Å². The van der Waals surface area contributed by atoms with Crippen LogP contribution in [0.2, 0.25) is 0 Å². The van der Waals surface area contributed by atoms with Crippen LogP contribution in [0.25, 0.3) is 0 Å². The maximum atomic E-state index is 13.4. The van der Waals surface area contributed by atoms with E-state index in [2.05, 4.69) is 31.9 Å². The lowest BCUT2D eigenvalue weighted by atomic mass is 9.49. The van der Waals surface area contributed by atoms with Crippen molar-refractivity contribution in [3.05, 3.63) is 96.9 Å². The summed E-state index contributed by atoms with van der Waals surface area (Å²) in [5, 5.41) is 0. The number of benzene rings is 3. The maximum Gasteiger partial charge on any atom is 0.494 e. The summed E-state index contributed by atoms with van der Waals surface area (Å²) in [5.74, 6) is -7.79. The molecule has 61 heavy (non-hydrogen) atoms. The summed E-state index contributed by atoms with van der Waals surface area (Å²) in [7, 11) is -1.96. The van der Waals surface area contributed by atoms with Crippen LogP contribution in [0, 0.1) is 34.9 Å². The van der Waals surface area contributed by atoms with Gasteiger partial charge in [-0.05, 0) is 119 Å². The molecule has 0 N–H and O–H groups in total. The Kier molecular flexibility index (Phi) is 16.8. The van der Waals surface area contributed by atoms with Gasteiger partial charge in [0.1, 0.15) is 0 Å². The van der Waals surface area contributed by atoms with Gasteiger partial charge < -0.3 is 27.9 Å². The van der Waals surface area contributed by atoms with Crippen LogP contribution in [0.1, 0.15) is 117 Å². The van der Waals surface area contributed by atoms with Gasteiger partial charge in [0.15, 0.2) is 41.2 Å². The molecule has 0 aliphatic carbocycles. The highest BCUT2D eigenvalue weighted by Gasteiger charge is 2.63. The van der Waals surface area contributed by atoms with E-state index < -0.39 is 91.2 Å². The van der Waals surface area contributed by atoms with Crippen molar-refractivity contribution in [1.29, 1.82) is 0 Å². The molecule has 0 aromatic heterocycles. The first-order valence-electron chi connectivity index (χ1n) is 18.5. The Hall–Kier alpha value is -2.46. The van der Waals surface area contributed by atoms with Gasteiger partial charge in [-0.2, -0.15) is 0 Å². The zero-order chi connectivity index (χ0) is 47.0. The fraction of sp³-hybridized carbons (Fsp3) is 0.513. The van der Waals surface area contributed by atoms with Gasteiger partial charge in [0.2, 0.25) is 0 Å². The lowest BCUT2D eigenvalue weighted by Crippen LogP contribution is -2.41. The molecule has 336 valence electrons. The summed E-state index contributed by atoms with van der Waals surface area (Å²) in [6.45, 7) is 23.3. The van der Waals surface area contributed by atoms with E-state index in [0.717, 1.165) is 30.3 Å². The van der Waals surface area contributed by atoms with E-state index in [1.54, 1.807) is 27.7 Å². The van der Waals surface area contributed by atoms with E-state index in [1.165, 1.54) is 6.07 Å². The third-order valence-electron chi connectivity index (χ3n) is 11.0. The molecule has 6 rings (SSSR count). The van der Waals surface area contributed by atoms with Gasteiger partial charge in [0, 0.05) is 8.95 Å². The lowest BCUT2D eigenvalue weighted by Gasteiger charge is -2.32. The Labute approximate surface area is 366 Å². The second kappa shape index (κ2) is 19.3. The molecule has 0 unspecified atom stereocenters. The monoisotopic (exact) mass is 1010 g/mol. The molecule has 3 heterocycles. The molecule has 0 atom stereocenters. The highest BCUT2D eigenvalue weighted by Crippen LogP contribution is 2.43. The highest BCUT2D eigenvalue weighted by atomic mass is 79.9. The molecule has 3 aromatic carbocycles. The molecule has 0 bridgehead atoms. The van der Waals surface area contributed by atoms with Crippen LogP contribution >= 0.6 is 31.9 Å². The smallest absolute Gasteiger partial charge is 0.405 e. The minimum Gasteiger partial charge on any atom is -0.405 e. The molecule has 22 heteroatoms. The molecule has 3 aromatic rings. The molecule has 3 aliphatic heterocycles. The van der Waals surface area contributed by atoms with Crippen molar-refractivity contribution in [3.63, 3.8) is 0 Å². The second-order valence-corrected chi connectivity index (χ2v) is 18.9. The Morgan fingerprint density at radius 2 is 0.787 bits per heavy atom. The summed E-state index contributed by atoms with van der Waals surface area (Å²) in [6.07, 6.45) is -5.84. The molecule has 0 saturated carbocycles. The van der Waals surface area contributed by atoms with Crippen LogP contribution in [0.15, 0.2) is 45.3 Å². The largest absolute Gasteiger partial charge is 0.494 e. The third-order valence-corrected chi connectivity index (χ3v) is 11.9. The first kappa shape index (κ1) is 52.9. The van der Waals surface area contributed by atoms with E-state index in [4.69, 9.17) is 27.9 Å². The van der Waals surface area contributed by atoms with E-state index >= 15 is 0 Å². The van der Waals surface area contributed by atoms with Crippen molar-refractivity contribution in [2.24, 2.45) is 0 Å². The SMILES string of the molecule is CC1(C)OB(B2OC(C)(C)C(C)(C)O2)OC1(C)C.CC1(C)OB(c2cc(F)c(F)c(C(F)F)c2)OC1(C)C.Fc1cc(Br)cc(C(F)F)c1F.O=Cc1cc(Br)cc(F)c1F. The molecule has 3 aliphatic rings. The van der Waals surface area contributed by atoms with Crippen LogP contribution in [-0.4, -0.2) is 61.0 Å². The number of aldehydes is 1. The predicted octanol–water partition coefficient (Wildman–Crippen LogP) is 11.7. The first-order chi connectivity index (χ1) is 27.6. The van der Waals surface area contributed by atoms with E-state index in [0.29, 0.717) is 4.47 Å². The van der Waals surface area contributed by atoms with Crippen molar-refractivity contribution in [2.75, 3.05) is 0 Å². The van der Waals surface area contributed by atoms with Gasteiger partial charge in [0.05, 0.1) is 50.3 Å². The number of hydrogen-bond acceptors (Lipinski definition) is 7. The molecule has 7 nitrogen and oxygen atoms in total. The molecule has 0 radical (unpaired) electrons. The summed E-state index contributed by atoms with van der Waals surface area (Å²) in [6, 6.07) is 5.52. The lowest BCUT2D eigenvalue weighted by molar-refractivity contribution is 0.00578. The fourth-order valence-electron chi connectivity index (χ4n) is 5.30. The van der Waals surface area contributed by atoms with Gasteiger partial charge >= 0.3 is 21.1 Å². The van der Waals surface area contributed by atoms with Crippen molar-refractivity contribution >= 4 is 64.7 Å². The van der Waals surface area contributed by atoms with Gasteiger partial charge in [-0.1, -0.05) is 37.9 Å². The molecular formula is C39H45B3Br2F10O7. The van der Waals surface area contributed by atoms with Crippen LogP contribution in [0.4, 0.5) is 43.9 Å². The number of carbonyl (C=O) groups excluding carboxylic acids is 1. The number of rotatable bonds is 5. The normalized spacial score (nSPS) is 20.1. The summed E-state index contributed by atoms with van der Waals surface area (Å²) in [4.78, 5) is 10.1. The Balaban J connectivity index is 0.000000223. The summed E-state index contributed by atoms with van der Waals surface area (Å²) >= 11 is 5.70. The minimum atomic E-state index is -3.10. The second-order valence-electron chi connectivity index (χ2n) is 17.0. The molecule has 0 amide bonds. The quantitative estimate of drug-likeness (QED) is 0.109.